The van der Waals surface area contributed by atoms with Crippen LogP contribution in [0.5, 0.6) is 5.75 Å². The van der Waals surface area contributed by atoms with Gasteiger partial charge in [-0.1, -0.05) is 11.6 Å². The van der Waals surface area contributed by atoms with Crippen LogP contribution in [0.1, 0.15) is 35.5 Å². The van der Waals surface area contributed by atoms with Crippen molar-refractivity contribution in [1.29, 1.82) is 0 Å². The van der Waals surface area contributed by atoms with E-state index in [0.29, 0.717) is 22.4 Å². The van der Waals surface area contributed by atoms with Gasteiger partial charge >= 0.3 is 0 Å². The first-order valence-corrected chi connectivity index (χ1v) is 12.1. The lowest BCUT2D eigenvalue weighted by molar-refractivity contribution is -0.123. The molecule has 0 saturated heterocycles. The number of halogens is 2. The minimum atomic E-state index is -1.66. The average molecular weight is 538 g/mol. The maximum atomic E-state index is 13.9. The zero-order valence-corrected chi connectivity index (χ0v) is 21.6. The van der Waals surface area contributed by atoms with E-state index in [2.05, 4.69) is 15.4 Å². The molecule has 1 aliphatic rings. The number of nitrogens with one attached hydrogen (secondary N) is 1. The molecular formula is C27H25ClFN5O4. The summed E-state index contributed by atoms with van der Waals surface area (Å²) >= 11 is 6.01. The Hall–Kier alpha value is -4.02. The van der Waals surface area contributed by atoms with Gasteiger partial charge in [-0.3, -0.25) is 14.3 Å². The van der Waals surface area contributed by atoms with Crippen LogP contribution in [0, 0.1) is 5.82 Å². The summed E-state index contributed by atoms with van der Waals surface area (Å²) in [5.41, 5.74) is 5.29. The van der Waals surface area contributed by atoms with Gasteiger partial charge in [0.05, 0.1) is 22.8 Å². The Labute approximate surface area is 222 Å². The average Bonchev–Trinajstić information content (AvgIpc) is 3.43. The van der Waals surface area contributed by atoms with Crippen molar-refractivity contribution in [3.8, 4) is 17.0 Å². The molecule has 4 aromatic rings. The summed E-state index contributed by atoms with van der Waals surface area (Å²) in [4.78, 5) is 29.9. The highest BCUT2D eigenvalue weighted by Gasteiger charge is 2.45. The van der Waals surface area contributed by atoms with Gasteiger partial charge in [-0.05, 0) is 56.3 Å². The number of ether oxygens (including phenoxy) is 1. The number of primary amides is 1. The van der Waals surface area contributed by atoms with E-state index in [1.54, 1.807) is 49.1 Å². The Bertz CT molecular complexity index is 1620. The highest BCUT2D eigenvalue weighted by Crippen LogP contribution is 2.45. The summed E-state index contributed by atoms with van der Waals surface area (Å²) in [6.07, 6.45) is 1.80. The van der Waals surface area contributed by atoms with Gasteiger partial charge in [-0.15, -0.1) is 0 Å². The number of fused-ring (bicyclic) bond motifs is 2. The van der Waals surface area contributed by atoms with E-state index in [1.807, 2.05) is 0 Å². The van der Waals surface area contributed by atoms with E-state index < -0.39 is 28.6 Å². The number of pyridine rings is 1. The third-order valence-corrected chi connectivity index (χ3v) is 7.13. The Balaban J connectivity index is 1.50. The molecule has 2 aromatic carbocycles. The third kappa shape index (κ3) is 4.35. The van der Waals surface area contributed by atoms with Gasteiger partial charge < -0.3 is 20.9 Å². The third-order valence-electron chi connectivity index (χ3n) is 6.84. The molecule has 0 aliphatic carbocycles. The fourth-order valence-electron chi connectivity index (χ4n) is 4.44. The molecule has 0 spiro atoms. The van der Waals surface area contributed by atoms with Crippen LogP contribution in [-0.2, 0) is 22.9 Å². The lowest BCUT2D eigenvalue weighted by Crippen LogP contribution is -2.41. The summed E-state index contributed by atoms with van der Waals surface area (Å²) < 4.78 is 21.4. The number of hydrogen-bond acceptors (Lipinski definition) is 6. The van der Waals surface area contributed by atoms with Crippen LogP contribution in [0.3, 0.4) is 0 Å². The van der Waals surface area contributed by atoms with Crippen LogP contribution in [0.15, 0.2) is 48.7 Å². The number of rotatable bonds is 6. The first-order valence-electron chi connectivity index (χ1n) is 11.8. The molecule has 0 unspecified atom stereocenters. The lowest BCUT2D eigenvalue weighted by Gasteiger charge is -2.26. The van der Waals surface area contributed by atoms with E-state index in [4.69, 9.17) is 22.1 Å². The topological polar surface area (TPSA) is 132 Å². The second-order valence-corrected chi connectivity index (χ2v) is 10.3. The van der Waals surface area contributed by atoms with E-state index in [1.165, 1.54) is 25.1 Å². The van der Waals surface area contributed by atoms with Crippen LogP contribution >= 0.6 is 11.6 Å². The van der Waals surface area contributed by atoms with E-state index >= 15 is 0 Å². The number of amides is 2. The van der Waals surface area contributed by atoms with Crippen molar-refractivity contribution in [3.63, 3.8) is 0 Å². The zero-order valence-electron chi connectivity index (χ0n) is 20.9. The van der Waals surface area contributed by atoms with Crippen molar-refractivity contribution >= 4 is 34.3 Å². The molecule has 2 atom stereocenters. The molecule has 0 fully saturated rings. The Morgan fingerprint density at radius 1 is 1.29 bits per heavy atom. The molecule has 9 nitrogen and oxygen atoms in total. The van der Waals surface area contributed by atoms with E-state index in [-0.39, 0.29) is 29.6 Å². The first-order chi connectivity index (χ1) is 17.9. The van der Waals surface area contributed by atoms with Crippen molar-refractivity contribution in [2.75, 3.05) is 13.2 Å². The summed E-state index contributed by atoms with van der Waals surface area (Å²) in [5, 5.41) is 19.2. The lowest BCUT2D eigenvalue weighted by atomic mass is 9.82. The Kier molecular flexibility index (Phi) is 6.12. The monoisotopic (exact) mass is 537 g/mol. The van der Waals surface area contributed by atoms with E-state index in [9.17, 15) is 19.1 Å². The highest BCUT2D eigenvalue weighted by atomic mass is 35.5. The molecule has 3 heterocycles. The standard InChI is InChI=1S/C27H25ClFN5O4/c1-26(25(30)36)13-38-23-17(26)10-21(32-22(23)14-4-6-19(29)18(28)9-14)27(2,37)12-31-24(35)15-5-7-20-16(8-15)11-34(3)33-20/h4-11,37H,12-13H2,1-3H3,(H2,30,36)(H,31,35)/t26-,27-/m0/s1. The van der Waals surface area contributed by atoms with E-state index in [0.717, 1.165) is 10.9 Å². The predicted molar refractivity (Wildman–Crippen MR) is 139 cm³/mol. The van der Waals surface area contributed by atoms with Gasteiger partial charge in [0.15, 0.2) is 0 Å². The molecule has 2 aromatic heterocycles. The minimum Gasteiger partial charge on any atom is -0.489 e. The van der Waals surface area contributed by atoms with Crippen LogP contribution in [0.2, 0.25) is 5.02 Å². The highest BCUT2D eigenvalue weighted by molar-refractivity contribution is 6.31. The second-order valence-electron chi connectivity index (χ2n) is 9.88. The number of nitrogens with two attached hydrogens (primary N) is 1. The number of hydrogen-bond donors (Lipinski definition) is 3. The molecule has 4 N–H and O–H groups in total. The van der Waals surface area contributed by atoms with Crippen molar-refractivity contribution in [3.05, 3.63) is 76.3 Å². The summed E-state index contributed by atoms with van der Waals surface area (Å²) in [6.45, 7) is 2.91. The molecule has 38 heavy (non-hydrogen) atoms. The molecular weight excluding hydrogens is 513 g/mol. The molecule has 2 amide bonds. The van der Waals surface area contributed by atoms with Gasteiger partial charge in [-0.2, -0.15) is 5.10 Å². The zero-order chi connectivity index (χ0) is 27.4. The maximum absolute atomic E-state index is 13.9. The molecule has 5 rings (SSSR count). The van der Waals surface area contributed by atoms with Crippen LogP contribution in [-0.4, -0.2) is 44.8 Å². The van der Waals surface area contributed by atoms with Gasteiger partial charge in [0.1, 0.15) is 34.9 Å². The van der Waals surface area contributed by atoms with Crippen molar-refractivity contribution in [1.82, 2.24) is 20.1 Å². The number of aromatic nitrogens is 3. The smallest absolute Gasteiger partial charge is 0.251 e. The van der Waals surface area contributed by atoms with Gasteiger partial charge in [0.2, 0.25) is 5.91 Å². The number of aryl methyl sites for hydroxylation is 1. The Morgan fingerprint density at radius 2 is 2.05 bits per heavy atom. The van der Waals surface area contributed by atoms with Gasteiger partial charge in [0, 0.05) is 35.3 Å². The number of nitrogens with zero attached hydrogens (tertiary/aromatic N) is 3. The normalized spacial score (nSPS) is 18.1. The second kappa shape index (κ2) is 9.07. The van der Waals surface area contributed by atoms with Crippen molar-refractivity contribution < 1.29 is 23.8 Å². The van der Waals surface area contributed by atoms with Gasteiger partial charge in [0.25, 0.3) is 5.91 Å². The summed E-state index contributed by atoms with van der Waals surface area (Å²) in [6, 6.07) is 10.7. The van der Waals surface area contributed by atoms with Crippen molar-refractivity contribution in [2.45, 2.75) is 24.9 Å². The molecule has 0 radical (unpaired) electrons. The molecule has 11 heteroatoms. The fraction of sp³-hybridized carbons (Fsp3) is 0.259. The van der Waals surface area contributed by atoms with Crippen LogP contribution in [0.25, 0.3) is 22.2 Å². The van der Waals surface area contributed by atoms with Crippen LogP contribution in [0.4, 0.5) is 4.39 Å². The van der Waals surface area contributed by atoms with Gasteiger partial charge in [-0.25, -0.2) is 9.37 Å². The largest absolute Gasteiger partial charge is 0.489 e. The SMILES string of the molecule is Cn1cc2cc(C(=O)NC[C@](C)(O)c3cc4c(c(-c5ccc(F)c(Cl)c5)n3)OC[C@]4(C)C(N)=O)ccc2n1. The summed E-state index contributed by atoms with van der Waals surface area (Å²) in [5.74, 6) is -1.32. The maximum Gasteiger partial charge on any atom is 0.251 e. The molecule has 0 bridgehead atoms. The fourth-order valence-corrected chi connectivity index (χ4v) is 4.62. The predicted octanol–water partition coefficient (Wildman–Crippen LogP) is 3.20. The number of carbonyl (C=O) groups is 2. The van der Waals surface area contributed by atoms with Crippen LogP contribution < -0.4 is 15.8 Å². The molecule has 196 valence electrons. The van der Waals surface area contributed by atoms with Crippen molar-refractivity contribution in [2.24, 2.45) is 12.8 Å². The quantitative estimate of drug-likeness (QED) is 0.346. The first kappa shape index (κ1) is 25.6. The molecule has 1 aliphatic heterocycles. The number of aliphatic hydroxyl groups is 1. The molecule has 0 saturated carbocycles. The number of carbonyl (C=O) groups excluding carboxylic acids is 2. The Morgan fingerprint density at radius 3 is 2.76 bits per heavy atom. The minimum absolute atomic E-state index is 0.0274. The summed E-state index contributed by atoms with van der Waals surface area (Å²) in [7, 11) is 1.79. The number of benzene rings is 2.